The van der Waals surface area contributed by atoms with Crippen LogP contribution in [0.3, 0.4) is 0 Å². The van der Waals surface area contributed by atoms with Gasteiger partial charge in [-0.3, -0.25) is 4.79 Å². The molecular weight excluding hydrogens is 82.0 g/mol. The summed E-state index contributed by atoms with van der Waals surface area (Å²) < 4.78 is 22.6. The zero-order chi connectivity index (χ0) is 7.49. The van der Waals surface area contributed by atoms with Crippen molar-refractivity contribution in [2.24, 2.45) is 0 Å². The van der Waals surface area contributed by atoms with Gasteiger partial charge in [0.2, 0.25) is 0 Å². The topological polar surface area (TPSA) is 50.1 Å². The van der Waals surface area contributed by atoms with Gasteiger partial charge in [0.15, 0.2) is 0 Å². The highest BCUT2D eigenvalue weighted by Crippen LogP contribution is 1.65. The molecule has 0 spiro atoms. The Bertz CT molecular complexity index is 155. The van der Waals surface area contributed by atoms with E-state index < -0.39 is 12.8 Å². The van der Waals surface area contributed by atoms with Gasteiger partial charge in [-0.2, -0.15) is 0 Å². The molecule has 0 rings (SSSR count). The molecule has 0 heterocycles. The Labute approximate surface area is 39.4 Å². The maximum atomic E-state index is 10.1. The molecular formula is C3H3NO2. The van der Waals surface area contributed by atoms with Crippen LogP contribution in [0.15, 0.2) is 0 Å². The van der Waals surface area contributed by atoms with Crippen molar-refractivity contribution in [3.05, 3.63) is 0 Å². The quantitative estimate of drug-likeness (QED) is 0.310. The lowest BCUT2D eigenvalue weighted by atomic mass is 10.8. The van der Waals surface area contributed by atoms with Crippen LogP contribution in [0.5, 0.6) is 0 Å². The highest BCUT2D eigenvalue weighted by atomic mass is 16.5. The van der Waals surface area contributed by atoms with Crippen LogP contribution < -0.4 is 0 Å². The van der Waals surface area contributed by atoms with Crippen molar-refractivity contribution in [1.82, 2.24) is 0 Å². The smallest absolute Gasteiger partial charge is 0.318 e. The van der Waals surface area contributed by atoms with Gasteiger partial charge in [-0.25, -0.2) is 0 Å². The molecule has 0 atom stereocenters. The molecule has 0 aromatic rings. The summed E-state index contributed by atoms with van der Waals surface area (Å²) in [6.07, 6.45) is 0.964. The Morgan fingerprint density at radius 3 is 3.17 bits per heavy atom. The molecule has 3 heteroatoms. The lowest BCUT2D eigenvalue weighted by Crippen LogP contribution is -1.88. The van der Waals surface area contributed by atoms with Gasteiger partial charge in [0.25, 0.3) is 6.26 Å². The first-order chi connectivity index (χ1) is 3.98. The normalized spacial score (nSPS) is 15.5. The molecule has 0 radical (unpaired) electrons. The molecule has 3 nitrogen and oxygen atoms in total. The van der Waals surface area contributed by atoms with Gasteiger partial charge < -0.3 is 4.74 Å². The molecule has 0 aliphatic heterocycles. The number of esters is 1. The fourth-order valence-electron chi connectivity index (χ4n) is 0.0415. The van der Waals surface area contributed by atoms with Crippen molar-refractivity contribution in [3.8, 4) is 6.26 Å². The van der Waals surface area contributed by atoms with Crippen LogP contribution in [0.1, 0.15) is 11.0 Å². The van der Waals surface area contributed by atoms with Crippen LogP contribution in [-0.2, 0) is 9.53 Å². The summed E-state index contributed by atoms with van der Waals surface area (Å²) in [5, 5.41) is 7.66. The number of carbonyl (C=O) groups is 1. The van der Waals surface area contributed by atoms with Gasteiger partial charge in [-0.05, 0) is 0 Å². The second-order valence-corrected chi connectivity index (χ2v) is 0.481. The van der Waals surface area contributed by atoms with Crippen molar-refractivity contribution >= 4 is 5.97 Å². The summed E-state index contributed by atoms with van der Waals surface area (Å²) in [4.78, 5) is 10.1. The number of nitrogens with zero attached hydrogens (tertiary/aromatic N) is 1. The second-order valence-electron chi connectivity index (χ2n) is 0.481. The van der Waals surface area contributed by atoms with Gasteiger partial charge in [-0.15, -0.1) is 5.26 Å². The first-order valence-corrected chi connectivity index (χ1v) is 1.09. The molecule has 0 saturated heterocycles. The highest BCUT2D eigenvalue weighted by molar-refractivity contribution is 5.66. The SMILES string of the molecule is [2H]C([2H])([2H])C(=O)OC#N. The van der Waals surface area contributed by atoms with E-state index in [0.29, 0.717) is 0 Å². The molecule has 0 amide bonds. The zero-order valence-electron chi connectivity index (χ0n) is 5.76. The fraction of sp³-hybridized carbons (Fsp3) is 0.333. The maximum absolute atomic E-state index is 10.1. The predicted octanol–water partition coefficient (Wildman–Crippen LogP) is 0.0306. The predicted molar refractivity (Wildman–Crippen MR) is 17.4 cm³/mol. The Hall–Kier alpha value is -1.04. The third kappa shape index (κ3) is 2.96. The lowest BCUT2D eigenvalue weighted by molar-refractivity contribution is -0.134. The first kappa shape index (κ1) is 1.61. The molecule has 0 N–H and O–H groups in total. The highest BCUT2D eigenvalue weighted by Gasteiger charge is 1.82. The Morgan fingerprint density at radius 2 is 3.00 bits per heavy atom. The molecule has 0 aliphatic rings. The third-order valence-corrected chi connectivity index (χ3v) is 0.138. The van der Waals surface area contributed by atoms with Crippen molar-refractivity contribution in [2.45, 2.75) is 6.85 Å². The lowest BCUT2D eigenvalue weighted by Gasteiger charge is -1.75. The standard InChI is InChI=1S/C3H3NO2/c1-3(5)6-2-4/h1H3/i1D3. The summed E-state index contributed by atoms with van der Waals surface area (Å²) in [5.74, 6) is -1.50. The molecule has 0 bridgehead atoms. The number of hydrogen-bond donors (Lipinski definition) is 0. The van der Waals surface area contributed by atoms with Crippen LogP contribution in [0, 0.1) is 11.5 Å². The average Bonchev–Trinajstić information content (AvgIpc) is 1.64. The molecule has 0 fully saturated rings. The second kappa shape index (κ2) is 2.21. The van der Waals surface area contributed by atoms with E-state index in [1.807, 2.05) is 0 Å². The van der Waals surface area contributed by atoms with E-state index >= 15 is 0 Å². The van der Waals surface area contributed by atoms with Gasteiger partial charge in [-0.1, -0.05) is 0 Å². The van der Waals surface area contributed by atoms with Crippen LogP contribution in [0.2, 0.25) is 0 Å². The van der Waals surface area contributed by atoms with Crippen molar-refractivity contribution in [2.75, 3.05) is 0 Å². The summed E-state index contributed by atoms with van der Waals surface area (Å²) >= 11 is 0. The number of nitriles is 1. The van der Waals surface area contributed by atoms with Crippen LogP contribution >= 0.6 is 0 Å². The molecule has 0 saturated carbocycles. The molecule has 32 valence electrons. The van der Waals surface area contributed by atoms with Crippen molar-refractivity contribution in [3.63, 3.8) is 0 Å². The van der Waals surface area contributed by atoms with Crippen LogP contribution in [0.25, 0.3) is 0 Å². The molecule has 0 aromatic heterocycles. The molecule has 6 heavy (non-hydrogen) atoms. The third-order valence-electron chi connectivity index (χ3n) is 0.138. The number of ether oxygens (including phenoxy) is 1. The van der Waals surface area contributed by atoms with Crippen molar-refractivity contribution in [1.29, 1.82) is 5.26 Å². The van der Waals surface area contributed by atoms with E-state index in [1.165, 1.54) is 0 Å². The van der Waals surface area contributed by atoms with E-state index in [4.69, 9.17) is 9.37 Å². The van der Waals surface area contributed by atoms with E-state index in [9.17, 15) is 4.79 Å². The number of hydrogen-bond acceptors (Lipinski definition) is 3. The molecule has 0 aliphatic carbocycles. The Balaban J connectivity index is 3.93. The molecule has 0 aromatic carbocycles. The minimum absolute atomic E-state index is 0.964. The largest absolute Gasteiger partial charge is 0.351 e. The van der Waals surface area contributed by atoms with Gasteiger partial charge >= 0.3 is 5.97 Å². The minimum atomic E-state index is -2.82. The summed E-state index contributed by atoms with van der Waals surface area (Å²) in [6.45, 7) is -2.82. The average molecular weight is 88.1 g/mol. The van der Waals surface area contributed by atoms with Gasteiger partial charge in [0.1, 0.15) is 0 Å². The van der Waals surface area contributed by atoms with Gasteiger partial charge in [0, 0.05) is 11.0 Å². The van der Waals surface area contributed by atoms with E-state index in [1.54, 1.807) is 0 Å². The van der Waals surface area contributed by atoms with Crippen LogP contribution in [-0.4, -0.2) is 5.97 Å². The summed E-state index contributed by atoms with van der Waals surface area (Å²) in [5.41, 5.74) is 0. The minimum Gasteiger partial charge on any atom is -0.351 e. The summed E-state index contributed by atoms with van der Waals surface area (Å²) in [7, 11) is 0. The van der Waals surface area contributed by atoms with Crippen LogP contribution in [0.4, 0.5) is 0 Å². The summed E-state index contributed by atoms with van der Waals surface area (Å²) in [6, 6.07) is 0. The van der Waals surface area contributed by atoms with Crippen molar-refractivity contribution < 1.29 is 13.6 Å². The van der Waals surface area contributed by atoms with E-state index in [-0.39, 0.29) is 0 Å². The first-order valence-electron chi connectivity index (χ1n) is 2.59. The number of rotatable bonds is 0. The molecule has 0 unspecified atom stereocenters. The monoisotopic (exact) mass is 88.0 g/mol. The zero-order valence-corrected chi connectivity index (χ0v) is 2.76. The Morgan fingerprint density at radius 1 is 2.33 bits per heavy atom. The maximum Gasteiger partial charge on any atom is 0.318 e. The Kier molecular flexibility index (Phi) is 0.592. The fourth-order valence-corrected chi connectivity index (χ4v) is 0.0415. The van der Waals surface area contributed by atoms with E-state index in [2.05, 4.69) is 4.74 Å². The van der Waals surface area contributed by atoms with E-state index in [0.717, 1.165) is 6.26 Å². The number of carbonyl (C=O) groups excluding carboxylic acids is 1. The van der Waals surface area contributed by atoms with Gasteiger partial charge in [0.05, 0.1) is 0 Å².